The standard InChI is InChI=1S/C17H17Cl2N5O/c18-13-3-2-11(14(19)6-13)7-22-17(25)23-8-12-9-24(15(12)10-23)16-20-4-1-5-21-16/h1-6,12,15H,7-10H2,(H,22,25). The summed E-state index contributed by atoms with van der Waals surface area (Å²) in [7, 11) is 0. The smallest absolute Gasteiger partial charge is 0.317 e. The van der Waals surface area contributed by atoms with Gasteiger partial charge in [0, 0.05) is 54.5 Å². The highest BCUT2D eigenvalue weighted by molar-refractivity contribution is 6.35. The number of carbonyl (C=O) groups excluding carboxylic acids is 1. The number of hydrogen-bond donors (Lipinski definition) is 1. The second kappa shape index (κ2) is 6.69. The van der Waals surface area contributed by atoms with Crippen molar-refractivity contribution in [3.63, 3.8) is 0 Å². The molecule has 2 atom stereocenters. The third-order valence-corrected chi connectivity index (χ3v) is 5.37. The molecule has 2 aliphatic heterocycles. The number of anilines is 1. The fourth-order valence-electron chi connectivity index (χ4n) is 3.42. The fourth-order valence-corrected chi connectivity index (χ4v) is 3.89. The van der Waals surface area contributed by atoms with Crippen molar-refractivity contribution in [2.24, 2.45) is 5.92 Å². The van der Waals surface area contributed by atoms with Crippen molar-refractivity contribution in [3.05, 3.63) is 52.3 Å². The molecule has 0 spiro atoms. The molecule has 8 heteroatoms. The summed E-state index contributed by atoms with van der Waals surface area (Å²) in [5.41, 5.74) is 0.848. The third-order valence-electron chi connectivity index (χ3n) is 4.78. The summed E-state index contributed by atoms with van der Waals surface area (Å²) in [5, 5.41) is 4.07. The second-order valence-corrected chi connectivity index (χ2v) is 7.17. The van der Waals surface area contributed by atoms with E-state index in [1.807, 2.05) is 11.0 Å². The molecule has 2 aromatic rings. The number of rotatable bonds is 3. The quantitative estimate of drug-likeness (QED) is 0.893. The highest BCUT2D eigenvalue weighted by atomic mass is 35.5. The molecule has 0 saturated carbocycles. The Hall–Kier alpha value is -2.05. The number of carbonyl (C=O) groups is 1. The van der Waals surface area contributed by atoms with Gasteiger partial charge in [0.05, 0.1) is 6.04 Å². The summed E-state index contributed by atoms with van der Waals surface area (Å²) >= 11 is 12.0. The van der Waals surface area contributed by atoms with E-state index in [-0.39, 0.29) is 6.03 Å². The molecule has 1 aromatic carbocycles. The van der Waals surface area contributed by atoms with E-state index in [1.165, 1.54) is 0 Å². The van der Waals surface area contributed by atoms with Gasteiger partial charge in [-0.3, -0.25) is 0 Å². The van der Waals surface area contributed by atoms with E-state index >= 15 is 0 Å². The van der Waals surface area contributed by atoms with Crippen molar-refractivity contribution in [3.8, 4) is 0 Å². The molecule has 1 N–H and O–H groups in total. The Morgan fingerprint density at radius 3 is 2.76 bits per heavy atom. The van der Waals surface area contributed by atoms with Crippen LogP contribution in [0.15, 0.2) is 36.7 Å². The van der Waals surface area contributed by atoms with Gasteiger partial charge >= 0.3 is 6.03 Å². The molecular weight excluding hydrogens is 361 g/mol. The first-order valence-electron chi connectivity index (χ1n) is 8.12. The van der Waals surface area contributed by atoms with Gasteiger partial charge in [-0.2, -0.15) is 0 Å². The minimum atomic E-state index is -0.0747. The van der Waals surface area contributed by atoms with Crippen LogP contribution in [0.3, 0.4) is 0 Å². The van der Waals surface area contributed by atoms with E-state index in [0.29, 0.717) is 35.1 Å². The van der Waals surface area contributed by atoms with Crippen LogP contribution in [0, 0.1) is 5.92 Å². The SMILES string of the molecule is O=C(NCc1ccc(Cl)cc1Cl)N1CC2CN(c3ncccn3)C2C1. The van der Waals surface area contributed by atoms with E-state index in [1.54, 1.807) is 30.6 Å². The van der Waals surface area contributed by atoms with Gasteiger partial charge < -0.3 is 15.1 Å². The lowest BCUT2D eigenvalue weighted by Crippen LogP contribution is -2.56. The Morgan fingerprint density at radius 1 is 1.20 bits per heavy atom. The van der Waals surface area contributed by atoms with Crippen LogP contribution in [0.4, 0.5) is 10.7 Å². The first-order chi connectivity index (χ1) is 12.1. The average molecular weight is 378 g/mol. The molecule has 130 valence electrons. The van der Waals surface area contributed by atoms with E-state index in [9.17, 15) is 4.79 Å². The highest BCUT2D eigenvalue weighted by Crippen LogP contribution is 2.34. The van der Waals surface area contributed by atoms with Crippen LogP contribution >= 0.6 is 23.2 Å². The first-order valence-corrected chi connectivity index (χ1v) is 8.88. The fraction of sp³-hybridized carbons (Fsp3) is 0.353. The van der Waals surface area contributed by atoms with Crippen LogP contribution < -0.4 is 10.2 Å². The van der Waals surface area contributed by atoms with Crippen molar-refractivity contribution in [1.82, 2.24) is 20.2 Å². The largest absolute Gasteiger partial charge is 0.335 e. The third kappa shape index (κ3) is 3.24. The molecule has 6 nitrogen and oxygen atoms in total. The number of amides is 2. The summed E-state index contributed by atoms with van der Waals surface area (Å²) in [6, 6.07) is 7.30. The van der Waals surface area contributed by atoms with Crippen LogP contribution in [0.1, 0.15) is 5.56 Å². The summed E-state index contributed by atoms with van der Waals surface area (Å²) in [4.78, 5) is 25.1. The zero-order valence-corrected chi connectivity index (χ0v) is 14.9. The van der Waals surface area contributed by atoms with Crippen molar-refractivity contribution >= 4 is 35.2 Å². The average Bonchev–Trinajstić information content (AvgIpc) is 2.92. The maximum atomic E-state index is 12.5. The molecule has 2 fully saturated rings. The van der Waals surface area contributed by atoms with Crippen LogP contribution in [0.5, 0.6) is 0 Å². The molecule has 2 amide bonds. The van der Waals surface area contributed by atoms with Gasteiger partial charge in [-0.15, -0.1) is 0 Å². The number of aromatic nitrogens is 2. The van der Waals surface area contributed by atoms with Gasteiger partial charge in [0.2, 0.25) is 5.95 Å². The minimum Gasteiger partial charge on any atom is -0.335 e. The molecule has 4 rings (SSSR count). The number of hydrogen-bond acceptors (Lipinski definition) is 4. The van der Waals surface area contributed by atoms with Crippen LogP contribution in [-0.4, -0.2) is 46.6 Å². The number of fused-ring (bicyclic) bond motifs is 1. The zero-order chi connectivity index (χ0) is 17.4. The lowest BCUT2D eigenvalue weighted by molar-refractivity contribution is 0.207. The van der Waals surface area contributed by atoms with E-state index in [4.69, 9.17) is 23.2 Å². The normalized spacial score (nSPS) is 21.7. The van der Waals surface area contributed by atoms with Gasteiger partial charge in [-0.25, -0.2) is 14.8 Å². The topological polar surface area (TPSA) is 61.4 Å². The predicted molar refractivity (Wildman–Crippen MR) is 96.9 cm³/mol. The zero-order valence-electron chi connectivity index (χ0n) is 13.4. The van der Waals surface area contributed by atoms with Gasteiger partial charge in [-0.05, 0) is 23.8 Å². The number of benzene rings is 1. The lowest BCUT2D eigenvalue weighted by Gasteiger charge is -2.43. The van der Waals surface area contributed by atoms with Gasteiger partial charge in [0.1, 0.15) is 0 Å². The van der Waals surface area contributed by atoms with Crippen molar-refractivity contribution < 1.29 is 4.79 Å². The lowest BCUT2D eigenvalue weighted by atomic mass is 9.93. The number of likely N-dealkylation sites (tertiary alicyclic amines) is 1. The molecule has 0 aliphatic carbocycles. The van der Waals surface area contributed by atoms with Crippen molar-refractivity contribution in [2.75, 3.05) is 24.5 Å². The van der Waals surface area contributed by atoms with Gasteiger partial charge in [0.15, 0.2) is 0 Å². The van der Waals surface area contributed by atoms with Crippen LogP contribution in [-0.2, 0) is 6.54 Å². The van der Waals surface area contributed by atoms with Gasteiger partial charge in [0.25, 0.3) is 0 Å². The number of nitrogens with one attached hydrogen (secondary N) is 1. The van der Waals surface area contributed by atoms with E-state index in [0.717, 1.165) is 24.6 Å². The van der Waals surface area contributed by atoms with Gasteiger partial charge in [-0.1, -0.05) is 29.3 Å². The molecular formula is C17H17Cl2N5O. The Labute approximate surface area is 155 Å². The summed E-state index contributed by atoms with van der Waals surface area (Å²) in [5.74, 6) is 1.22. The minimum absolute atomic E-state index is 0.0747. The number of halogens is 2. The first kappa shape index (κ1) is 16.4. The van der Waals surface area contributed by atoms with Crippen LogP contribution in [0.2, 0.25) is 10.0 Å². The highest BCUT2D eigenvalue weighted by Gasteiger charge is 2.47. The molecule has 2 saturated heterocycles. The summed E-state index contributed by atoms with van der Waals surface area (Å²) in [6.45, 7) is 2.71. The van der Waals surface area contributed by atoms with E-state index in [2.05, 4.69) is 20.2 Å². The molecule has 2 unspecified atom stereocenters. The monoisotopic (exact) mass is 377 g/mol. The Bertz CT molecular complexity index is 788. The van der Waals surface area contributed by atoms with Crippen molar-refractivity contribution in [2.45, 2.75) is 12.6 Å². The van der Waals surface area contributed by atoms with E-state index < -0.39 is 0 Å². The molecule has 2 aliphatic rings. The predicted octanol–water partition coefficient (Wildman–Crippen LogP) is 2.81. The maximum Gasteiger partial charge on any atom is 0.317 e. The number of nitrogens with zero attached hydrogens (tertiary/aromatic N) is 4. The molecule has 0 bridgehead atoms. The molecule has 25 heavy (non-hydrogen) atoms. The Kier molecular flexibility index (Phi) is 4.39. The second-order valence-electron chi connectivity index (χ2n) is 6.33. The molecule has 1 aromatic heterocycles. The number of urea groups is 1. The molecule has 3 heterocycles. The van der Waals surface area contributed by atoms with Crippen molar-refractivity contribution in [1.29, 1.82) is 0 Å². The Balaban J connectivity index is 1.34. The summed E-state index contributed by atoms with van der Waals surface area (Å²) in [6.07, 6.45) is 3.48. The maximum absolute atomic E-state index is 12.5. The molecule has 0 radical (unpaired) electrons. The Morgan fingerprint density at radius 2 is 2.00 bits per heavy atom. The van der Waals surface area contributed by atoms with Crippen LogP contribution in [0.25, 0.3) is 0 Å². The summed E-state index contributed by atoms with van der Waals surface area (Å²) < 4.78 is 0.